The Balaban J connectivity index is 1.66. The molecular formula is C15H15ClFN3. The normalized spacial score (nSPS) is 15.5. The summed E-state index contributed by atoms with van der Waals surface area (Å²) in [7, 11) is 0. The summed E-state index contributed by atoms with van der Waals surface area (Å²) >= 11 is 5.92. The van der Waals surface area contributed by atoms with E-state index in [0.717, 1.165) is 37.7 Å². The lowest BCUT2D eigenvalue weighted by atomic mass is 10.2. The highest BCUT2D eigenvalue weighted by Crippen LogP contribution is 2.20. The van der Waals surface area contributed by atoms with Crippen molar-refractivity contribution in [2.75, 3.05) is 36.0 Å². The summed E-state index contributed by atoms with van der Waals surface area (Å²) in [6.07, 6.45) is 0. The molecule has 1 aromatic heterocycles. The van der Waals surface area contributed by atoms with E-state index < -0.39 is 0 Å². The lowest BCUT2D eigenvalue weighted by molar-refractivity contribution is 0.624. The Morgan fingerprint density at radius 3 is 2.20 bits per heavy atom. The number of halogens is 2. The zero-order chi connectivity index (χ0) is 13.9. The number of anilines is 2. The Bertz CT molecular complexity index is 580. The molecule has 1 aliphatic heterocycles. The molecule has 1 aromatic carbocycles. The molecule has 0 N–H and O–H groups in total. The number of hydrogen-bond acceptors (Lipinski definition) is 3. The number of hydrogen-bond donors (Lipinski definition) is 0. The second-order valence-corrected chi connectivity index (χ2v) is 5.16. The molecule has 104 valence electrons. The zero-order valence-corrected chi connectivity index (χ0v) is 11.7. The molecular weight excluding hydrogens is 277 g/mol. The third-order valence-electron chi connectivity index (χ3n) is 3.50. The van der Waals surface area contributed by atoms with Crippen LogP contribution < -0.4 is 9.80 Å². The predicted octanol–water partition coefficient (Wildman–Crippen LogP) is 3.20. The van der Waals surface area contributed by atoms with E-state index in [1.165, 1.54) is 12.1 Å². The van der Waals surface area contributed by atoms with Crippen LogP contribution in [0.25, 0.3) is 0 Å². The van der Waals surface area contributed by atoms with Gasteiger partial charge in [0.05, 0.1) is 0 Å². The molecule has 0 unspecified atom stereocenters. The first kappa shape index (κ1) is 13.2. The first-order valence-electron chi connectivity index (χ1n) is 6.60. The van der Waals surface area contributed by atoms with Crippen LogP contribution in [0.4, 0.5) is 15.9 Å². The van der Waals surface area contributed by atoms with E-state index in [0.29, 0.717) is 5.15 Å². The van der Waals surface area contributed by atoms with Gasteiger partial charge in [-0.05, 0) is 36.4 Å². The van der Waals surface area contributed by atoms with Gasteiger partial charge in [0, 0.05) is 31.9 Å². The van der Waals surface area contributed by atoms with Gasteiger partial charge in [0.15, 0.2) is 0 Å². The van der Waals surface area contributed by atoms with E-state index >= 15 is 0 Å². The fraction of sp³-hybridized carbons (Fsp3) is 0.267. The summed E-state index contributed by atoms with van der Waals surface area (Å²) < 4.78 is 12.9. The molecule has 0 saturated carbocycles. The van der Waals surface area contributed by atoms with Gasteiger partial charge >= 0.3 is 0 Å². The third kappa shape index (κ3) is 2.85. The van der Waals surface area contributed by atoms with Crippen molar-refractivity contribution in [3.05, 3.63) is 53.4 Å². The second-order valence-electron chi connectivity index (χ2n) is 4.77. The molecule has 20 heavy (non-hydrogen) atoms. The van der Waals surface area contributed by atoms with E-state index in [-0.39, 0.29) is 5.82 Å². The van der Waals surface area contributed by atoms with Crippen LogP contribution in [0.15, 0.2) is 42.5 Å². The van der Waals surface area contributed by atoms with Crippen LogP contribution in [0.5, 0.6) is 0 Å². The summed E-state index contributed by atoms with van der Waals surface area (Å²) in [5, 5.41) is 0.517. The van der Waals surface area contributed by atoms with E-state index in [4.69, 9.17) is 11.6 Å². The Morgan fingerprint density at radius 1 is 0.900 bits per heavy atom. The van der Waals surface area contributed by atoms with Crippen molar-refractivity contribution in [1.29, 1.82) is 0 Å². The minimum absolute atomic E-state index is 0.199. The van der Waals surface area contributed by atoms with Gasteiger partial charge < -0.3 is 9.80 Å². The highest BCUT2D eigenvalue weighted by atomic mass is 35.5. The SMILES string of the molecule is Fc1ccc(N2CCN(c3cccc(Cl)n3)CC2)cc1. The molecule has 0 bridgehead atoms. The molecule has 1 saturated heterocycles. The van der Waals surface area contributed by atoms with E-state index in [1.54, 1.807) is 6.07 Å². The maximum atomic E-state index is 12.9. The molecule has 0 amide bonds. The van der Waals surface area contributed by atoms with Crippen LogP contribution in [-0.2, 0) is 0 Å². The minimum Gasteiger partial charge on any atom is -0.368 e. The lowest BCUT2D eigenvalue weighted by Gasteiger charge is -2.36. The molecule has 0 atom stereocenters. The van der Waals surface area contributed by atoms with E-state index in [9.17, 15) is 4.39 Å². The maximum Gasteiger partial charge on any atom is 0.131 e. The van der Waals surface area contributed by atoms with Gasteiger partial charge in [0.1, 0.15) is 16.8 Å². The van der Waals surface area contributed by atoms with Gasteiger partial charge in [-0.25, -0.2) is 9.37 Å². The summed E-state index contributed by atoms with van der Waals surface area (Å²) in [6.45, 7) is 3.54. The quantitative estimate of drug-likeness (QED) is 0.792. The number of rotatable bonds is 2. The van der Waals surface area contributed by atoms with Crippen LogP contribution in [0.3, 0.4) is 0 Å². The Hall–Kier alpha value is -1.81. The Labute approximate surface area is 122 Å². The van der Waals surface area contributed by atoms with Crippen molar-refractivity contribution in [2.45, 2.75) is 0 Å². The minimum atomic E-state index is -0.199. The van der Waals surface area contributed by atoms with Crippen LogP contribution in [0.1, 0.15) is 0 Å². The fourth-order valence-electron chi connectivity index (χ4n) is 2.42. The highest BCUT2D eigenvalue weighted by Gasteiger charge is 2.18. The smallest absolute Gasteiger partial charge is 0.131 e. The molecule has 3 rings (SSSR count). The largest absolute Gasteiger partial charge is 0.368 e. The molecule has 1 aliphatic rings. The summed E-state index contributed by atoms with van der Waals surface area (Å²) in [5.74, 6) is 0.715. The number of piperazine rings is 1. The highest BCUT2D eigenvalue weighted by molar-refractivity contribution is 6.29. The topological polar surface area (TPSA) is 19.4 Å². The first-order valence-corrected chi connectivity index (χ1v) is 6.98. The van der Waals surface area contributed by atoms with E-state index in [2.05, 4.69) is 14.8 Å². The average molecular weight is 292 g/mol. The first-order chi connectivity index (χ1) is 9.72. The van der Waals surface area contributed by atoms with Crippen LogP contribution in [-0.4, -0.2) is 31.2 Å². The lowest BCUT2D eigenvalue weighted by Crippen LogP contribution is -2.46. The summed E-state index contributed by atoms with van der Waals surface area (Å²) in [4.78, 5) is 8.79. The van der Waals surface area contributed by atoms with Gasteiger partial charge in [0.25, 0.3) is 0 Å². The van der Waals surface area contributed by atoms with E-state index in [1.807, 2.05) is 24.3 Å². The molecule has 0 aliphatic carbocycles. The number of pyridine rings is 1. The van der Waals surface area contributed by atoms with Gasteiger partial charge in [-0.1, -0.05) is 17.7 Å². The van der Waals surface area contributed by atoms with Crippen molar-refractivity contribution in [3.63, 3.8) is 0 Å². The fourth-order valence-corrected chi connectivity index (χ4v) is 2.58. The van der Waals surface area contributed by atoms with Crippen molar-refractivity contribution in [2.24, 2.45) is 0 Å². The molecule has 0 radical (unpaired) electrons. The van der Waals surface area contributed by atoms with Crippen molar-refractivity contribution in [3.8, 4) is 0 Å². The third-order valence-corrected chi connectivity index (χ3v) is 3.71. The predicted molar refractivity (Wildman–Crippen MR) is 80.1 cm³/mol. The van der Waals surface area contributed by atoms with Crippen LogP contribution >= 0.6 is 11.6 Å². The second kappa shape index (κ2) is 5.67. The molecule has 3 nitrogen and oxygen atoms in total. The molecule has 5 heteroatoms. The number of benzene rings is 1. The van der Waals surface area contributed by atoms with Crippen molar-refractivity contribution in [1.82, 2.24) is 4.98 Å². The van der Waals surface area contributed by atoms with Crippen LogP contribution in [0, 0.1) is 5.82 Å². The van der Waals surface area contributed by atoms with Crippen LogP contribution in [0.2, 0.25) is 5.15 Å². The van der Waals surface area contributed by atoms with Gasteiger partial charge in [-0.3, -0.25) is 0 Å². The molecule has 2 heterocycles. The molecule has 1 fully saturated rings. The van der Waals surface area contributed by atoms with Crippen molar-refractivity contribution < 1.29 is 4.39 Å². The van der Waals surface area contributed by atoms with Crippen molar-refractivity contribution >= 4 is 23.1 Å². The van der Waals surface area contributed by atoms with Gasteiger partial charge in [0.2, 0.25) is 0 Å². The standard InChI is InChI=1S/C15H15ClFN3/c16-14-2-1-3-15(18-14)20-10-8-19(9-11-20)13-6-4-12(17)5-7-13/h1-7H,8-11H2. The Kier molecular flexibility index (Phi) is 3.74. The average Bonchev–Trinajstić information content (AvgIpc) is 2.48. The number of nitrogens with zero attached hydrogens (tertiary/aromatic N) is 3. The Morgan fingerprint density at radius 2 is 1.55 bits per heavy atom. The summed E-state index contributed by atoms with van der Waals surface area (Å²) in [5.41, 5.74) is 1.06. The van der Waals surface area contributed by atoms with Gasteiger partial charge in [-0.15, -0.1) is 0 Å². The summed E-state index contributed by atoms with van der Waals surface area (Å²) in [6, 6.07) is 12.3. The maximum absolute atomic E-state index is 12.9. The molecule has 2 aromatic rings. The zero-order valence-electron chi connectivity index (χ0n) is 11.0. The number of aromatic nitrogens is 1. The van der Waals surface area contributed by atoms with Gasteiger partial charge in [-0.2, -0.15) is 0 Å². The molecule has 0 spiro atoms. The monoisotopic (exact) mass is 291 g/mol.